The Labute approximate surface area is 111 Å². The highest BCUT2D eigenvalue weighted by Gasteiger charge is 2.26. The molecule has 1 fully saturated rings. The molecule has 0 radical (unpaired) electrons. The maximum absolute atomic E-state index is 6.24. The van der Waals surface area contributed by atoms with Gasteiger partial charge in [-0.2, -0.15) is 0 Å². The van der Waals surface area contributed by atoms with Gasteiger partial charge in [-0.25, -0.2) is 0 Å². The minimum absolute atomic E-state index is 0.333. The highest BCUT2D eigenvalue weighted by Crippen LogP contribution is 2.26. The molecule has 2 atom stereocenters. The Balaban J connectivity index is 2.06. The highest BCUT2D eigenvalue weighted by atomic mass is 16.5. The second kappa shape index (κ2) is 6.24. The first-order chi connectivity index (χ1) is 8.70. The lowest BCUT2D eigenvalue weighted by Crippen LogP contribution is -2.45. The SMILES string of the molecule is CCNC1CCCCC1Oc1ccc(C)cc1C. The van der Waals surface area contributed by atoms with Crippen LogP contribution in [-0.4, -0.2) is 18.7 Å². The number of benzene rings is 1. The van der Waals surface area contributed by atoms with Gasteiger partial charge in [0.05, 0.1) is 0 Å². The molecule has 2 rings (SSSR count). The van der Waals surface area contributed by atoms with Crippen LogP contribution in [0.5, 0.6) is 5.75 Å². The lowest BCUT2D eigenvalue weighted by Gasteiger charge is -2.32. The molecule has 100 valence electrons. The van der Waals surface area contributed by atoms with Gasteiger partial charge in [0, 0.05) is 6.04 Å². The number of hydrogen-bond donors (Lipinski definition) is 1. The number of rotatable bonds is 4. The Bertz CT molecular complexity index is 387. The van der Waals surface area contributed by atoms with Gasteiger partial charge in [-0.1, -0.05) is 31.0 Å². The summed E-state index contributed by atoms with van der Waals surface area (Å²) in [6, 6.07) is 6.96. The minimum atomic E-state index is 0.333. The number of nitrogens with one attached hydrogen (secondary N) is 1. The summed E-state index contributed by atoms with van der Waals surface area (Å²) in [6.45, 7) is 7.45. The van der Waals surface area contributed by atoms with Gasteiger partial charge in [0.1, 0.15) is 11.9 Å². The van der Waals surface area contributed by atoms with E-state index >= 15 is 0 Å². The van der Waals surface area contributed by atoms with E-state index in [0.29, 0.717) is 12.1 Å². The van der Waals surface area contributed by atoms with Crippen LogP contribution >= 0.6 is 0 Å². The van der Waals surface area contributed by atoms with Crippen molar-refractivity contribution in [3.8, 4) is 5.75 Å². The fourth-order valence-corrected chi connectivity index (χ4v) is 2.83. The summed E-state index contributed by atoms with van der Waals surface area (Å²) in [5.41, 5.74) is 2.54. The average Bonchev–Trinajstić information content (AvgIpc) is 2.35. The summed E-state index contributed by atoms with van der Waals surface area (Å²) in [5, 5.41) is 3.56. The molecule has 1 aliphatic rings. The molecular formula is C16H25NO. The van der Waals surface area contributed by atoms with E-state index in [1.165, 1.54) is 36.8 Å². The first kappa shape index (κ1) is 13.4. The van der Waals surface area contributed by atoms with Gasteiger partial charge in [-0.05, 0) is 51.3 Å². The molecule has 2 nitrogen and oxygen atoms in total. The molecule has 18 heavy (non-hydrogen) atoms. The average molecular weight is 247 g/mol. The van der Waals surface area contributed by atoms with E-state index < -0.39 is 0 Å². The second-order valence-corrected chi connectivity index (χ2v) is 5.37. The molecule has 1 aliphatic carbocycles. The molecule has 2 heteroatoms. The maximum atomic E-state index is 6.24. The zero-order valence-corrected chi connectivity index (χ0v) is 11.8. The maximum Gasteiger partial charge on any atom is 0.122 e. The first-order valence-electron chi connectivity index (χ1n) is 7.18. The van der Waals surface area contributed by atoms with Crippen molar-refractivity contribution in [1.29, 1.82) is 0 Å². The lowest BCUT2D eigenvalue weighted by molar-refractivity contribution is 0.114. The predicted octanol–water partition coefficient (Wildman–Crippen LogP) is 3.60. The summed E-state index contributed by atoms with van der Waals surface area (Å²) in [6.07, 6.45) is 5.36. The van der Waals surface area contributed by atoms with Crippen molar-refractivity contribution in [2.75, 3.05) is 6.54 Å². The smallest absolute Gasteiger partial charge is 0.122 e. The molecule has 0 amide bonds. The fourth-order valence-electron chi connectivity index (χ4n) is 2.83. The third-order valence-electron chi connectivity index (χ3n) is 3.78. The van der Waals surface area contributed by atoms with Crippen LogP contribution in [0, 0.1) is 13.8 Å². The summed E-state index contributed by atoms with van der Waals surface area (Å²) >= 11 is 0. The number of ether oxygens (including phenoxy) is 1. The van der Waals surface area contributed by atoms with E-state index in [1.54, 1.807) is 0 Å². The van der Waals surface area contributed by atoms with Crippen LogP contribution in [0.1, 0.15) is 43.7 Å². The van der Waals surface area contributed by atoms with Gasteiger partial charge in [0.15, 0.2) is 0 Å². The van der Waals surface area contributed by atoms with Gasteiger partial charge in [0.25, 0.3) is 0 Å². The Morgan fingerprint density at radius 3 is 2.72 bits per heavy atom. The van der Waals surface area contributed by atoms with Crippen molar-refractivity contribution in [2.45, 2.75) is 58.6 Å². The van der Waals surface area contributed by atoms with Gasteiger partial charge in [0.2, 0.25) is 0 Å². The van der Waals surface area contributed by atoms with E-state index in [0.717, 1.165) is 12.3 Å². The molecule has 2 unspecified atom stereocenters. The van der Waals surface area contributed by atoms with E-state index in [9.17, 15) is 0 Å². The Hall–Kier alpha value is -1.02. The largest absolute Gasteiger partial charge is 0.489 e. The first-order valence-corrected chi connectivity index (χ1v) is 7.18. The zero-order valence-electron chi connectivity index (χ0n) is 11.8. The number of likely N-dealkylation sites (N-methyl/N-ethyl adjacent to an activating group) is 1. The van der Waals surface area contributed by atoms with Gasteiger partial charge < -0.3 is 10.1 Å². The van der Waals surface area contributed by atoms with Crippen molar-refractivity contribution < 1.29 is 4.74 Å². The lowest BCUT2D eigenvalue weighted by atomic mass is 9.92. The normalized spacial score (nSPS) is 23.9. The summed E-state index contributed by atoms with van der Waals surface area (Å²) in [4.78, 5) is 0. The summed E-state index contributed by atoms with van der Waals surface area (Å²) < 4.78 is 6.24. The molecule has 0 aromatic heterocycles. The molecule has 0 bridgehead atoms. The Kier molecular flexibility index (Phi) is 4.65. The molecule has 1 saturated carbocycles. The molecule has 0 saturated heterocycles. The van der Waals surface area contributed by atoms with Crippen molar-refractivity contribution in [1.82, 2.24) is 5.32 Å². The van der Waals surface area contributed by atoms with Gasteiger partial charge in [-0.15, -0.1) is 0 Å². The van der Waals surface area contributed by atoms with Crippen molar-refractivity contribution in [3.63, 3.8) is 0 Å². The predicted molar refractivity (Wildman–Crippen MR) is 76.3 cm³/mol. The summed E-state index contributed by atoms with van der Waals surface area (Å²) in [7, 11) is 0. The molecular weight excluding hydrogens is 222 g/mol. The Morgan fingerprint density at radius 1 is 1.22 bits per heavy atom. The van der Waals surface area contributed by atoms with Crippen LogP contribution in [0.2, 0.25) is 0 Å². The fraction of sp³-hybridized carbons (Fsp3) is 0.625. The van der Waals surface area contributed by atoms with Crippen LogP contribution in [0.4, 0.5) is 0 Å². The van der Waals surface area contributed by atoms with E-state index in [-0.39, 0.29) is 0 Å². The van der Waals surface area contributed by atoms with Crippen molar-refractivity contribution >= 4 is 0 Å². The second-order valence-electron chi connectivity index (χ2n) is 5.37. The summed E-state index contributed by atoms with van der Waals surface area (Å²) in [5.74, 6) is 1.05. The van der Waals surface area contributed by atoms with E-state index in [4.69, 9.17) is 4.74 Å². The van der Waals surface area contributed by atoms with Crippen LogP contribution in [0.15, 0.2) is 18.2 Å². The van der Waals surface area contributed by atoms with Crippen molar-refractivity contribution in [3.05, 3.63) is 29.3 Å². The molecule has 1 aromatic rings. The third kappa shape index (κ3) is 3.26. The minimum Gasteiger partial charge on any atom is -0.489 e. The van der Waals surface area contributed by atoms with Gasteiger partial charge in [-0.3, -0.25) is 0 Å². The van der Waals surface area contributed by atoms with Crippen LogP contribution in [0.3, 0.4) is 0 Å². The zero-order chi connectivity index (χ0) is 13.0. The van der Waals surface area contributed by atoms with Crippen LogP contribution in [0.25, 0.3) is 0 Å². The topological polar surface area (TPSA) is 21.3 Å². The quantitative estimate of drug-likeness (QED) is 0.877. The van der Waals surface area contributed by atoms with E-state index in [1.807, 2.05) is 0 Å². The van der Waals surface area contributed by atoms with Gasteiger partial charge >= 0.3 is 0 Å². The van der Waals surface area contributed by atoms with Crippen molar-refractivity contribution in [2.24, 2.45) is 0 Å². The standard InChI is InChI=1S/C16H25NO/c1-4-17-14-7-5-6-8-16(14)18-15-10-9-12(2)11-13(15)3/h9-11,14,16-17H,4-8H2,1-3H3. The third-order valence-corrected chi connectivity index (χ3v) is 3.78. The van der Waals surface area contributed by atoms with Crippen LogP contribution < -0.4 is 10.1 Å². The molecule has 1 N–H and O–H groups in total. The van der Waals surface area contributed by atoms with Crippen LogP contribution in [-0.2, 0) is 0 Å². The monoisotopic (exact) mass is 247 g/mol. The number of aryl methyl sites for hydroxylation is 2. The Morgan fingerprint density at radius 2 is 2.00 bits per heavy atom. The molecule has 1 aromatic carbocycles. The van der Waals surface area contributed by atoms with E-state index in [2.05, 4.69) is 44.3 Å². The molecule has 0 aliphatic heterocycles. The molecule has 0 spiro atoms. The highest BCUT2D eigenvalue weighted by molar-refractivity contribution is 5.35. The molecule has 0 heterocycles. The number of hydrogen-bond acceptors (Lipinski definition) is 2.